The largest absolute Gasteiger partial charge is 0.494 e. The molecule has 1 saturated heterocycles. The minimum Gasteiger partial charge on any atom is -0.494 e. The Kier molecular flexibility index (Phi) is 7.95. The van der Waals surface area contributed by atoms with Crippen LogP contribution in [0.5, 0.6) is 5.75 Å². The van der Waals surface area contributed by atoms with E-state index in [-0.39, 0.29) is 5.91 Å². The van der Waals surface area contributed by atoms with Crippen molar-refractivity contribution in [2.45, 2.75) is 45.4 Å². The molecule has 23 heavy (non-hydrogen) atoms. The van der Waals surface area contributed by atoms with Gasteiger partial charge in [-0.05, 0) is 57.1 Å². The topological polar surface area (TPSA) is 47.6 Å². The second kappa shape index (κ2) is 10.3. The lowest BCUT2D eigenvalue weighted by Crippen LogP contribution is -2.25. The molecular formula is C19H29NO3. The minimum absolute atomic E-state index is 0.129. The first-order valence-corrected chi connectivity index (χ1v) is 8.78. The molecule has 0 atom stereocenters. The number of amides is 1. The Labute approximate surface area is 139 Å². The van der Waals surface area contributed by atoms with Gasteiger partial charge in [-0.1, -0.05) is 17.7 Å². The second-order valence-electron chi connectivity index (χ2n) is 6.31. The third-order valence-corrected chi connectivity index (χ3v) is 4.29. The Balaban J connectivity index is 1.46. The van der Waals surface area contributed by atoms with Gasteiger partial charge in [0.1, 0.15) is 5.75 Å². The van der Waals surface area contributed by atoms with E-state index in [1.165, 1.54) is 24.8 Å². The molecule has 0 saturated carbocycles. The Morgan fingerprint density at radius 1 is 1.22 bits per heavy atom. The van der Waals surface area contributed by atoms with Crippen LogP contribution in [0.15, 0.2) is 24.3 Å². The summed E-state index contributed by atoms with van der Waals surface area (Å²) < 4.78 is 11.0. The van der Waals surface area contributed by atoms with Crippen molar-refractivity contribution >= 4 is 5.91 Å². The van der Waals surface area contributed by atoms with Gasteiger partial charge in [0, 0.05) is 26.2 Å². The molecule has 1 aromatic carbocycles. The van der Waals surface area contributed by atoms with Crippen molar-refractivity contribution in [2.24, 2.45) is 5.92 Å². The van der Waals surface area contributed by atoms with Gasteiger partial charge in [-0.2, -0.15) is 0 Å². The number of carbonyl (C=O) groups is 1. The van der Waals surface area contributed by atoms with E-state index < -0.39 is 0 Å². The van der Waals surface area contributed by atoms with Gasteiger partial charge >= 0.3 is 0 Å². The zero-order valence-corrected chi connectivity index (χ0v) is 14.2. The predicted molar refractivity (Wildman–Crippen MR) is 91.7 cm³/mol. The molecule has 0 aliphatic carbocycles. The summed E-state index contributed by atoms with van der Waals surface area (Å²) in [6.45, 7) is 5.22. The number of benzene rings is 1. The molecular weight excluding hydrogens is 290 g/mol. The number of hydrogen-bond donors (Lipinski definition) is 1. The summed E-state index contributed by atoms with van der Waals surface area (Å²) in [5.74, 6) is 1.78. The maximum Gasteiger partial charge on any atom is 0.220 e. The monoisotopic (exact) mass is 319 g/mol. The summed E-state index contributed by atoms with van der Waals surface area (Å²) in [6, 6.07) is 7.98. The van der Waals surface area contributed by atoms with E-state index in [2.05, 4.69) is 12.2 Å². The molecule has 0 spiro atoms. The summed E-state index contributed by atoms with van der Waals surface area (Å²) in [6.07, 6.45) is 5.88. The highest BCUT2D eigenvalue weighted by molar-refractivity contribution is 5.75. The van der Waals surface area contributed by atoms with Crippen molar-refractivity contribution in [2.75, 3.05) is 26.4 Å². The van der Waals surface area contributed by atoms with Crippen molar-refractivity contribution in [1.29, 1.82) is 0 Å². The van der Waals surface area contributed by atoms with E-state index in [1.54, 1.807) is 0 Å². The first-order valence-electron chi connectivity index (χ1n) is 8.78. The summed E-state index contributed by atoms with van der Waals surface area (Å²) in [4.78, 5) is 11.8. The van der Waals surface area contributed by atoms with E-state index in [0.29, 0.717) is 13.0 Å². The standard InChI is InChI=1S/C19H29NO3/c1-16-6-8-18(9-7-16)23-13-3-5-19(21)20-12-2-4-17-10-14-22-15-11-17/h6-9,17H,2-5,10-15H2,1H3,(H,20,21). The zero-order chi connectivity index (χ0) is 16.3. The van der Waals surface area contributed by atoms with Crippen molar-refractivity contribution in [3.05, 3.63) is 29.8 Å². The number of carbonyl (C=O) groups excluding carboxylic acids is 1. The van der Waals surface area contributed by atoms with Crippen LogP contribution in [0.2, 0.25) is 0 Å². The van der Waals surface area contributed by atoms with Crippen LogP contribution in [0.25, 0.3) is 0 Å². The third kappa shape index (κ3) is 7.51. The molecule has 1 aromatic rings. The van der Waals surface area contributed by atoms with Gasteiger partial charge < -0.3 is 14.8 Å². The van der Waals surface area contributed by atoms with Crippen LogP contribution in [0.3, 0.4) is 0 Å². The first-order chi connectivity index (χ1) is 11.2. The molecule has 0 unspecified atom stereocenters. The van der Waals surface area contributed by atoms with Crippen LogP contribution < -0.4 is 10.1 Å². The Bertz CT molecular complexity index is 452. The fourth-order valence-corrected chi connectivity index (χ4v) is 2.80. The fourth-order valence-electron chi connectivity index (χ4n) is 2.80. The van der Waals surface area contributed by atoms with E-state index >= 15 is 0 Å². The molecule has 0 radical (unpaired) electrons. The molecule has 1 heterocycles. The van der Waals surface area contributed by atoms with Crippen LogP contribution in [0.1, 0.15) is 44.1 Å². The van der Waals surface area contributed by atoms with Gasteiger partial charge in [-0.25, -0.2) is 0 Å². The van der Waals surface area contributed by atoms with Crippen LogP contribution in [-0.2, 0) is 9.53 Å². The third-order valence-electron chi connectivity index (χ3n) is 4.29. The fraction of sp³-hybridized carbons (Fsp3) is 0.632. The van der Waals surface area contributed by atoms with Gasteiger partial charge in [0.15, 0.2) is 0 Å². The average molecular weight is 319 g/mol. The Morgan fingerprint density at radius 2 is 1.96 bits per heavy atom. The number of hydrogen-bond acceptors (Lipinski definition) is 3. The molecule has 1 N–H and O–H groups in total. The summed E-state index contributed by atoms with van der Waals surface area (Å²) in [5.41, 5.74) is 1.22. The second-order valence-corrected chi connectivity index (χ2v) is 6.31. The quantitative estimate of drug-likeness (QED) is 0.709. The molecule has 128 valence electrons. The van der Waals surface area contributed by atoms with Crippen LogP contribution in [0.4, 0.5) is 0 Å². The molecule has 0 aromatic heterocycles. The molecule has 1 aliphatic rings. The van der Waals surface area contributed by atoms with Gasteiger partial charge in [-0.3, -0.25) is 4.79 Å². The van der Waals surface area contributed by atoms with Crippen LogP contribution in [0, 0.1) is 12.8 Å². The van der Waals surface area contributed by atoms with Crippen molar-refractivity contribution in [1.82, 2.24) is 5.32 Å². The molecule has 4 nitrogen and oxygen atoms in total. The highest BCUT2D eigenvalue weighted by atomic mass is 16.5. The lowest BCUT2D eigenvalue weighted by Gasteiger charge is -2.21. The summed E-state index contributed by atoms with van der Waals surface area (Å²) in [5, 5.41) is 3.00. The normalized spacial score (nSPS) is 15.3. The van der Waals surface area contributed by atoms with E-state index in [4.69, 9.17) is 9.47 Å². The Morgan fingerprint density at radius 3 is 2.70 bits per heavy atom. The molecule has 4 heteroatoms. The summed E-state index contributed by atoms with van der Waals surface area (Å²) in [7, 11) is 0. The lowest BCUT2D eigenvalue weighted by molar-refractivity contribution is -0.121. The number of ether oxygens (including phenoxy) is 2. The first kappa shape index (κ1) is 17.8. The van der Waals surface area contributed by atoms with Crippen LogP contribution >= 0.6 is 0 Å². The Hall–Kier alpha value is -1.55. The maximum absolute atomic E-state index is 11.8. The lowest BCUT2D eigenvalue weighted by atomic mass is 9.95. The average Bonchev–Trinajstić information content (AvgIpc) is 2.58. The molecule has 1 aliphatic heterocycles. The highest BCUT2D eigenvalue weighted by Crippen LogP contribution is 2.19. The van der Waals surface area contributed by atoms with Crippen molar-refractivity contribution < 1.29 is 14.3 Å². The SMILES string of the molecule is Cc1ccc(OCCCC(=O)NCCCC2CCOCC2)cc1. The number of nitrogens with one attached hydrogen (secondary N) is 1. The highest BCUT2D eigenvalue weighted by Gasteiger charge is 2.13. The minimum atomic E-state index is 0.129. The summed E-state index contributed by atoms with van der Waals surface area (Å²) >= 11 is 0. The molecule has 2 rings (SSSR count). The predicted octanol–water partition coefficient (Wildman–Crippen LogP) is 3.48. The van der Waals surface area contributed by atoms with Crippen molar-refractivity contribution in [3.63, 3.8) is 0 Å². The smallest absolute Gasteiger partial charge is 0.220 e. The molecule has 1 fully saturated rings. The van der Waals surface area contributed by atoms with E-state index in [9.17, 15) is 4.79 Å². The zero-order valence-electron chi connectivity index (χ0n) is 14.2. The van der Waals surface area contributed by atoms with E-state index in [1.807, 2.05) is 24.3 Å². The van der Waals surface area contributed by atoms with Gasteiger partial charge in [0.2, 0.25) is 5.91 Å². The van der Waals surface area contributed by atoms with Gasteiger partial charge in [0.05, 0.1) is 6.61 Å². The maximum atomic E-state index is 11.8. The van der Waals surface area contributed by atoms with E-state index in [0.717, 1.165) is 44.3 Å². The van der Waals surface area contributed by atoms with Gasteiger partial charge in [-0.15, -0.1) is 0 Å². The molecule has 1 amide bonds. The van der Waals surface area contributed by atoms with Crippen LogP contribution in [-0.4, -0.2) is 32.3 Å². The van der Waals surface area contributed by atoms with Gasteiger partial charge in [0.25, 0.3) is 0 Å². The number of rotatable bonds is 9. The molecule has 0 bridgehead atoms. The van der Waals surface area contributed by atoms with Crippen molar-refractivity contribution in [3.8, 4) is 5.75 Å². The number of aryl methyl sites for hydroxylation is 1.